The third-order valence-corrected chi connectivity index (χ3v) is 6.31. The lowest BCUT2D eigenvalue weighted by Crippen LogP contribution is -2.30. The van der Waals surface area contributed by atoms with Crippen LogP contribution in [0.3, 0.4) is 0 Å². The lowest BCUT2D eigenvalue weighted by atomic mass is 9.98. The van der Waals surface area contributed by atoms with Crippen LogP contribution in [-0.2, 0) is 6.54 Å². The number of aromatic nitrogens is 1. The Hall–Kier alpha value is -3.69. The van der Waals surface area contributed by atoms with Gasteiger partial charge in [-0.2, -0.15) is 0 Å². The fourth-order valence-corrected chi connectivity index (χ4v) is 4.43. The van der Waals surface area contributed by atoms with Gasteiger partial charge in [-0.15, -0.1) is 0 Å². The van der Waals surface area contributed by atoms with Crippen molar-refractivity contribution in [3.63, 3.8) is 0 Å². The van der Waals surface area contributed by atoms with Crippen molar-refractivity contribution >= 4 is 22.9 Å². The molecule has 0 amide bonds. The van der Waals surface area contributed by atoms with Gasteiger partial charge in [0.05, 0.1) is 12.3 Å². The summed E-state index contributed by atoms with van der Waals surface area (Å²) in [6.07, 6.45) is 1.84. The first-order valence-electron chi connectivity index (χ1n) is 11.6. The van der Waals surface area contributed by atoms with Crippen LogP contribution in [0.5, 0.6) is 0 Å². The highest BCUT2D eigenvalue weighted by molar-refractivity contribution is 6.07. The summed E-state index contributed by atoms with van der Waals surface area (Å²) in [5.74, 6) is -2.70. The van der Waals surface area contributed by atoms with Crippen LogP contribution in [0.1, 0.15) is 40.4 Å². The van der Waals surface area contributed by atoms with Crippen LogP contribution < -0.4 is 11.1 Å². The number of anilines is 2. The number of nitrogens with one attached hydrogen (secondary N) is 2. The molecule has 1 aliphatic heterocycles. The van der Waals surface area contributed by atoms with Crippen molar-refractivity contribution in [3.05, 3.63) is 77.1 Å². The molecule has 3 aromatic rings. The van der Waals surface area contributed by atoms with Crippen molar-refractivity contribution in [1.29, 1.82) is 5.41 Å². The van der Waals surface area contributed by atoms with E-state index >= 15 is 0 Å². The molecular weight excluding hydrogens is 464 g/mol. The highest BCUT2D eigenvalue weighted by Gasteiger charge is 2.37. The number of pyridine rings is 1. The van der Waals surface area contributed by atoms with Gasteiger partial charge in [-0.05, 0) is 66.9 Å². The fraction of sp³-hybridized carbons (Fsp3) is 0.296. The Kier molecular flexibility index (Phi) is 7.14. The maximum Gasteiger partial charge on any atom is 0.261 e. The maximum absolute atomic E-state index is 13.5. The van der Waals surface area contributed by atoms with Crippen molar-refractivity contribution in [2.75, 3.05) is 24.1 Å². The van der Waals surface area contributed by atoms with Crippen molar-refractivity contribution < 1.29 is 18.7 Å². The van der Waals surface area contributed by atoms with Crippen molar-refractivity contribution in [2.24, 2.45) is 0 Å². The molecule has 2 aromatic carbocycles. The van der Waals surface area contributed by atoms with E-state index in [1.807, 2.05) is 6.07 Å². The standard InChI is InChI=1S/C27H29F2N5O2/c1-16-9-21(4-5-22(16)17(2)35)33-26(36)25(31)23-11-19(3-6-24(23)30)20-10-18(12-32-13-20)14-34-8-7-27(28,29)15-34/h3-6,9-13,26,31,33,36H,7-8,14-15,30H2,1-2H3. The monoisotopic (exact) mass is 493 g/mol. The van der Waals surface area contributed by atoms with Crippen molar-refractivity contribution in [2.45, 2.75) is 39.0 Å². The number of likely N-dealkylation sites (tertiary alicyclic amines) is 1. The lowest BCUT2D eigenvalue weighted by Gasteiger charge is -2.19. The second-order valence-electron chi connectivity index (χ2n) is 9.25. The number of rotatable bonds is 8. The summed E-state index contributed by atoms with van der Waals surface area (Å²) in [4.78, 5) is 17.6. The second kappa shape index (κ2) is 10.1. The van der Waals surface area contributed by atoms with E-state index in [1.54, 1.807) is 60.6 Å². The number of alkyl halides is 2. The molecular formula is C27H29F2N5O2. The first-order chi connectivity index (χ1) is 17.0. The van der Waals surface area contributed by atoms with Crippen LogP contribution in [0, 0.1) is 12.3 Å². The highest BCUT2D eigenvalue weighted by atomic mass is 19.3. The molecule has 7 nitrogen and oxygen atoms in total. The average molecular weight is 494 g/mol. The van der Waals surface area contributed by atoms with E-state index in [1.165, 1.54) is 6.92 Å². The number of aliphatic hydroxyl groups excluding tert-OH is 1. The molecule has 0 spiro atoms. The maximum atomic E-state index is 13.5. The molecule has 188 valence electrons. The Morgan fingerprint density at radius 2 is 1.97 bits per heavy atom. The molecule has 1 aromatic heterocycles. The summed E-state index contributed by atoms with van der Waals surface area (Å²) in [6.45, 7) is 3.74. The molecule has 36 heavy (non-hydrogen) atoms. The quantitative estimate of drug-likeness (QED) is 0.159. The predicted octanol–water partition coefficient (Wildman–Crippen LogP) is 4.48. The molecule has 1 fully saturated rings. The SMILES string of the molecule is CC(=O)c1ccc(NC(O)C(=N)c2cc(-c3cncc(CN4CCC(F)(F)C4)c3)ccc2N)cc1C. The molecule has 1 aliphatic rings. The van der Waals surface area contributed by atoms with Gasteiger partial charge in [-0.3, -0.25) is 20.1 Å². The summed E-state index contributed by atoms with van der Waals surface area (Å²) >= 11 is 0. The highest BCUT2D eigenvalue weighted by Crippen LogP contribution is 2.29. The number of ketones is 1. The first-order valence-corrected chi connectivity index (χ1v) is 11.6. The van der Waals surface area contributed by atoms with E-state index in [2.05, 4.69) is 10.3 Å². The van der Waals surface area contributed by atoms with Gasteiger partial charge in [0.25, 0.3) is 5.92 Å². The van der Waals surface area contributed by atoms with E-state index in [4.69, 9.17) is 11.1 Å². The minimum Gasteiger partial charge on any atom is -0.398 e. The molecule has 5 N–H and O–H groups in total. The Balaban J connectivity index is 1.51. The summed E-state index contributed by atoms with van der Waals surface area (Å²) < 4.78 is 27.1. The first kappa shape index (κ1) is 25.4. The second-order valence-corrected chi connectivity index (χ2v) is 9.25. The van der Waals surface area contributed by atoms with Crippen LogP contribution >= 0.6 is 0 Å². The third kappa shape index (κ3) is 5.75. The van der Waals surface area contributed by atoms with Gasteiger partial charge in [-0.1, -0.05) is 6.07 Å². The molecule has 1 saturated heterocycles. The molecule has 4 rings (SSSR count). The number of hydrogen-bond donors (Lipinski definition) is 4. The van der Waals surface area contributed by atoms with Crippen LogP contribution in [0.4, 0.5) is 20.2 Å². The molecule has 9 heteroatoms. The smallest absolute Gasteiger partial charge is 0.261 e. The predicted molar refractivity (Wildman–Crippen MR) is 137 cm³/mol. The zero-order chi connectivity index (χ0) is 26.0. The normalized spacial score (nSPS) is 16.0. The number of halogens is 2. The van der Waals surface area contributed by atoms with Crippen molar-refractivity contribution in [3.8, 4) is 11.1 Å². The summed E-state index contributed by atoms with van der Waals surface area (Å²) in [7, 11) is 0. The number of nitrogen functional groups attached to an aromatic ring is 1. The Bertz CT molecular complexity index is 1310. The van der Waals surface area contributed by atoms with Crippen LogP contribution in [-0.4, -0.2) is 51.7 Å². The van der Waals surface area contributed by atoms with Gasteiger partial charge in [0.15, 0.2) is 12.0 Å². The molecule has 2 heterocycles. The third-order valence-electron chi connectivity index (χ3n) is 6.31. The molecule has 0 bridgehead atoms. The zero-order valence-electron chi connectivity index (χ0n) is 20.2. The number of carbonyl (C=O) groups is 1. The zero-order valence-corrected chi connectivity index (χ0v) is 20.2. The van der Waals surface area contributed by atoms with Gasteiger partial charge in [0, 0.05) is 60.0 Å². The number of aliphatic hydroxyl groups is 1. The minimum absolute atomic E-state index is 0.0474. The Morgan fingerprint density at radius 3 is 2.64 bits per heavy atom. The summed E-state index contributed by atoms with van der Waals surface area (Å²) in [6, 6.07) is 12.1. The number of benzene rings is 2. The van der Waals surface area contributed by atoms with Crippen molar-refractivity contribution in [1.82, 2.24) is 9.88 Å². The van der Waals surface area contributed by atoms with Crippen LogP contribution in [0.2, 0.25) is 0 Å². The number of nitrogens with two attached hydrogens (primary N) is 1. The van der Waals surface area contributed by atoms with E-state index in [9.17, 15) is 18.7 Å². The van der Waals surface area contributed by atoms with E-state index < -0.39 is 12.2 Å². The van der Waals surface area contributed by atoms with Gasteiger partial charge >= 0.3 is 0 Å². The Morgan fingerprint density at radius 1 is 1.19 bits per heavy atom. The summed E-state index contributed by atoms with van der Waals surface area (Å²) in [5.41, 5.74) is 10.9. The van der Waals surface area contributed by atoms with E-state index in [0.29, 0.717) is 35.6 Å². The lowest BCUT2D eigenvalue weighted by molar-refractivity contribution is 0.0115. The molecule has 0 saturated carbocycles. The van der Waals surface area contributed by atoms with Crippen LogP contribution in [0.15, 0.2) is 54.9 Å². The molecule has 0 aliphatic carbocycles. The number of nitrogens with zero attached hydrogens (tertiary/aromatic N) is 2. The molecule has 1 atom stereocenters. The van der Waals surface area contributed by atoms with Gasteiger partial charge in [0.2, 0.25) is 0 Å². The van der Waals surface area contributed by atoms with E-state index in [-0.39, 0.29) is 24.5 Å². The fourth-order valence-electron chi connectivity index (χ4n) is 4.43. The Labute approximate surface area is 208 Å². The van der Waals surface area contributed by atoms with Gasteiger partial charge in [-0.25, -0.2) is 8.78 Å². The van der Waals surface area contributed by atoms with Gasteiger partial charge < -0.3 is 16.2 Å². The van der Waals surface area contributed by atoms with E-state index in [0.717, 1.165) is 22.3 Å². The molecule has 1 unspecified atom stereocenters. The largest absolute Gasteiger partial charge is 0.398 e. The number of hydrogen-bond acceptors (Lipinski definition) is 7. The molecule has 0 radical (unpaired) electrons. The number of Topliss-reactive ketones (excluding diaryl/α,β-unsaturated/α-hetero) is 1. The minimum atomic E-state index is -2.65. The summed E-state index contributed by atoms with van der Waals surface area (Å²) in [5, 5.41) is 22.1. The number of aryl methyl sites for hydroxylation is 1. The average Bonchev–Trinajstić information content (AvgIpc) is 3.16. The number of carbonyl (C=O) groups excluding carboxylic acids is 1. The van der Waals surface area contributed by atoms with Gasteiger partial charge in [0.1, 0.15) is 0 Å². The topological polar surface area (TPSA) is 115 Å². The van der Waals surface area contributed by atoms with Crippen LogP contribution in [0.25, 0.3) is 11.1 Å².